The van der Waals surface area contributed by atoms with E-state index in [0.29, 0.717) is 5.69 Å². The van der Waals surface area contributed by atoms with Gasteiger partial charge >= 0.3 is 0 Å². The Morgan fingerprint density at radius 2 is 1.70 bits per heavy atom. The van der Waals surface area contributed by atoms with E-state index in [0.717, 1.165) is 24.4 Å². The van der Waals surface area contributed by atoms with E-state index in [9.17, 15) is 9.18 Å². The number of anilines is 2. The fourth-order valence-corrected chi connectivity index (χ4v) is 2.68. The summed E-state index contributed by atoms with van der Waals surface area (Å²) in [5, 5.41) is 6.11. The van der Waals surface area contributed by atoms with Crippen LogP contribution < -0.4 is 15.4 Å². The number of hydrogen-bond acceptors (Lipinski definition) is 3. The van der Waals surface area contributed by atoms with Crippen molar-refractivity contribution in [3.8, 4) is 5.75 Å². The summed E-state index contributed by atoms with van der Waals surface area (Å²) in [4.78, 5) is 12.1. The summed E-state index contributed by atoms with van der Waals surface area (Å²) in [7, 11) is 1.66. The minimum absolute atomic E-state index is 0.287. The van der Waals surface area contributed by atoms with Gasteiger partial charge in [-0.2, -0.15) is 0 Å². The molecule has 138 valence electrons. The lowest BCUT2D eigenvalue weighted by atomic mass is 10.1. The van der Waals surface area contributed by atoms with Gasteiger partial charge in [-0.25, -0.2) is 4.39 Å². The largest absolute Gasteiger partial charge is 0.497 e. The van der Waals surface area contributed by atoms with Crippen molar-refractivity contribution in [1.82, 2.24) is 0 Å². The molecule has 1 amide bonds. The number of carbonyl (C=O) groups excluding carboxylic acids is 1. The van der Waals surface area contributed by atoms with Crippen molar-refractivity contribution >= 4 is 17.3 Å². The van der Waals surface area contributed by atoms with Crippen LogP contribution in [0.1, 0.15) is 15.9 Å². The first-order valence-corrected chi connectivity index (χ1v) is 8.68. The smallest absolute Gasteiger partial charge is 0.255 e. The molecule has 0 spiro atoms. The van der Waals surface area contributed by atoms with Crippen molar-refractivity contribution in [3.63, 3.8) is 0 Å². The Bertz CT molecular complexity index is 910. The summed E-state index contributed by atoms with van der Waals surface area (Å²) in [6.45, 7) is 0.780. The molecule has 0 saturated carbocycles. The molecule has 0 unspecified atom stereocenters. The fourth-order valence-electron chi connectivity index (χ4n) is 2.68. The normalized spacial score (nSPS) is 10.3. The number of ether oxygens (including phenoxy) is 1. The van der Waals surface area contributed by atoms with Crippen LogP contribution in [0.2, 0.25) is 0 Å². The van der Waals surface area contributed by atoms with E-state index in [-0.39, 0.29) is 11.5 Å². The van der Waals surface area contributed by atoms with Gasteiger partial charge in [0.2, 0.25) is 0 Å². The van der Waals surface area contributed by atoms with Crippen molar-refractivity contribution in [2.75, 3.05) is 24.3 Å². The molecule has 0 fully saturated rings. The lowest BCUT2D eigenvalue weighted by Gasteiger charge is -2.09. The number of hydrogen-bond donors (Lipinski definition) is 2. The van der Waals surface area contributed by atoms with E-state index < -0.39 is 5.82 Å². The summed E-state index contributed by atoms with van der Waals surface area (Å²) in [6, 6.07) is 21.0. The molecule has 0 saturated heterocycles. The van der Waals surface area contributed by atoms with Crippen LogP contribution in [0.4, 0.5) is 15.8 Å². The number of nitrogens with one attached hydrogen (secondary N) is 2. The molecule has 2 N–H and O–H groups in total. The summed E-state index contributed by atoms with van der Waals surface area (Å²) >= 11 is 0. The van der Waals surface area contributed by atoms with Gasteiger partial charge in [-0.3, -0.25) is 4.79 Å². The van der Waals surface area contributed by atoms with E-state index in [1.165, 1.54) is 23.8 Å². The van der Waals surface area contributed by atoms with Crippen molar-refractivity contribution < 1.29 is 13.9 Å². The zero-order chi connectivity index (χ0) is 19.1. The maximum atomic E-state index is 13.2. The number of carbonyl (C=O) groups is 1. The summed E-state index contributed by atoms with van der Waals surface area (Å²) in [6.07, 6.45) is 0.870. The average Bonchev–Trinajstić information content (AvgIpc) is 2.69. The van der Waals surface area contributed by atoms with E-state index in [4.69, 9.17) is 4.74 Å². The highest BCUT2D eigenvalue weighted by atomic mass is 19.1. The van der Waals surface area contributed by atoms with Crippen LogP contribution in [-0.4, -0.2) is 19.6 Å². The van der Waals surface area contributed by atoms with Gasteiger partial charge in [0.05, 0.1) is 7.11 Å². The molecule has 0 radical (unpaired) electrons. The number of methoxy groups -OCH3 is 1. The number of amides is 1. The van der Waals surface area contributed by atoms with E-state index in [1.807, 2.05) is 42.5 Å². The Morgan fingerprint density at radius 3 is 2.44 bits per heavy atom. The number of benzene rings is 3. The van der Waals surface area contributed by atoms with Crippen LogP contribution in [0.15, 0.2) is 72.8 Å². The Labute approximate surface area is 158 Å². The molecule has 0 atom stereocenters. The Hall–Kier alpha value is -3.34. The third-order valence-corrected chi connectivity index (χ3v) is 4.11. The van der Waals surface area contributed by atoms with Gasteiger partial charge in [0, 0.05) is 23.5 Å². The third kappa shape index (κ3) is 5.31. The molecular formula is C22H21FN2O2. The monoisotopic (exact) mass is 364 g/mol. The highest BCUT2D eigenvalue weighted by molar-refractivity contribution is 6.04. The van der Waals surface area contributed by atoms with Gasteiger partial charge in [0.15, 0.2) is 0 Å². The fraction of sp³-hybridized carbons (Fsp3) is 0.136. The summed E-state index contributed by atoms with van der Waals surface area (Å²) < 4.78 is 18.4. The van der Waals surface area contributed by atoms with E-state index in [2.05, 4.69) is 16.7 Å². The minimum Gasteiger partial charge on any atom is -0.497 e. The molecule has 3 rings (SSSR count). The summed E-state index contributed by atoms with van der Waals surface area (Å²) in [5.74, 6) is 0.0809. The standard InChI is InChI=1S/C22H21FN2O2/c1-27-21-7-2-4-16(14-21)12-13-24-19-8-10-20(11-9-19)25-22(26)17-5-3-6-18(23)15-17/h2-11,14-15,24H,12-13H2,1H3,(H,25,26). The molecule has 0 heterocycles. The molecule has 4 nitrogen and oxygen atoms in total. The first-order valence-electron chi connectivity index (χ1n) is 8.68. The van der Waals surface area contributed by atoms with Crippen LogP contribution in [0, 0.1) is 5.82 Å². The Morgan fingerprint density at radius 1 is 0.963 bits per heavy atom. The molecule has 0 aliphatic carbocycles. The quantitative estimate of drug-likeness (QED) is 0.637. The Kier molecular flexibility index (Phi) is 6.05. The highest BCUT2D eigenvalue weighted by Crippen LogP contribution is 2.16. The van der Waals surface area contributed by atoms with Crippen LogP contribution in [0.25, 0.3) is 0 Å². The van der Waals surface area contributed by atoms with Crippen molar-refractivity contribution in [1.29, 1.82) is 0 Å². The average molecular weight is 364 g/mol. The third-order valence-electron chi connectivity index (χ3n) is 4.11. The lowest BCUT2D eigenvalue weighted by Crippen LogP contribution is -2.12. The topological polar surface area (TPSA) is 50.4 Å². The molecule has 0 aromatic heterocycles. The number of rotatable bonds is 7. The first kappa shape index (κ1) is 18.5. The molecule has 0 aliphatic rings. The van der Waals surface area contributed by atoms with Gasteiger partial charge in [0.1, 0.15) is 11.6 Å². The molecule has 3 aromatic carbocycles. The van der Waals surface area contributed by atoms with Crippen LogP contribution >= 0.6 is 0 Å². The number of halogens is 1. The van der Waals surface area contributed by atoms with Gasteiger partial charge < -0.3 is 15.4 Å². The van der Waals surface area contributed by atoms with Gasteiger partial charge in [-0.15, -0.1) is 0 Å². The highest BCUT2D eigenvalue weighted by Gasteiger charge is 2.07. The van der Waals surface area contributed by atoms with Crippen LogP contribution in [0.3, 0.4) is 0 Å². The predicted molar refractivity (Wildman–Crippen MR) is 106 cm³/mol. The SMILES string of the molecule is COc1cccc(CCNc2ccc(NC(=O)c3cccc(F)c3)cc2)c1. The Balaban J connectivity index is 1.51. The lowest BCUT2D eigenvalue weighted by molar-refractivity contribution is 0.102. The predicted octanol–water partition coefficient (Wildman–Crippen LogP) is 4.74. The molecule has 3 aromatic rings. The maximum Gasteiger partial charge on any atom is 0.255 e. The zero-order valence-electron chi connectivity index (χ0n) is 15.0. The second kappa shape index (κ2) is 8.85. The van der Waals surface area contributed by atoms with Gasteiger partial charge in [-0.1, -0.05) is 18.2 Å². The zero-order valence-corrected chi connectivity index (χ0v) is 15.0. The van der Waals surface area contributed by atoms with Gasteiger partial charge in [-0.05, 0) is 66.6 Å². The molecule has 27 heavy (non-hydrogen) atoms. The van der Waals surface area contributed by atoms with E-state index in [1.54, 1.807) is 13.2 Å². The van der Waals surface area contributed by atoms with Crippen LogP contribution in [0.5, 0.6) is 5.75 Å². The second-order valence-corrected chi connectivity index (χ2v) is 6.07. The molecule has 0 aliphatic heterocycles. The maximum absolute atomic E-state index is 13.2. The molecule has 5 heteroatoms. The first-order chi connectivity index (χ1) is 13.1. The van der Waals surface area contributed by atoms with Crippen molar-refractivity contribution in [3.05, 3.63) is 89.7 Å². The van der Waals surface area contributed by atoms with Gasteiger partial charge in [0.25, 0.3) is 5.91 Å². The second-order valence-electron chi connectivity index (χ2n) is 6.07. The van der Waals surface area contributed by atoms with E-state index >= 15 is 0 Å². The van der Waals surface area contributed by atoms with Crippen LogP contribution in [-0.2, 0) is 6.42 Å². The summed E-state index contributed by atoms with van der Waals surface area (Å²) in [5.41, 5.74) is 3.10. The van der Waals surface area contributed by atoms with Crippen molar-refractivity contribution in [2.24, 2.45) is 0 Å². The molecule has 0 bridgehead atoms. The minimum atomic E-state index is -0.432. The molecular weight excluding hydrogens is 343 g/mol. The van der Waals surface area contributed by atoms with Crippen molar-refractivity contribution in [2.45, 2.75) is 6.42 Å².